The fourth-order valence-corrected chi connectivity index (χ4v) is 2.48. The van der Waals surface area contributed by atoms with Crippen LogP contribution >= 0.6 is 35.4 Å². The third kappa shape index (κ3) is 4.90. The monoisotopic (exact) mass is 394 g/mol. The van der Waals surface area contributed by atoms with E-state index in [0.29, 0.717) is 11.3 Å². The lowest BCUT2D eigenvalue weighted by Gasteiger charge is -2.12. The first-order chi connectivity index (χ1) is 11.2. The van der Waals surface area contributed by atoms with Crippen LogP contribution in [0.5, 0.6) is 5.75 Å². The van der Waals surface area contributed by atoms with E-state index in [4.69, 9.17) is 35.4 Å². The molecule has 0 saturated carbocycles. The highest BCUT2D eigenvalue weighted by Crippen LogP contribution is 2.34. The van der Waals surface area contributed by atoms with Gasteiger partial charge >= 0.3 is 6.18 Å². The van der Waals surface area contributed by atoms with Crippen molar-refractivity contribution in [1.29, 1.82) is 0 Å². The van der Waals surface area contributed by atoms with E-state index in [0.717, 1.165) is 12.1 Å². The predicted molar refractivity (Wildman–Crippen MR) is 92.6 cm³/mol. The number of phenolic OH excluding ortho intramolecular Hbond substituents is 1. The summed E-state index contributed by atoms with van der Waals surface area (Å²) in [5.74, 6) is -0.229. The van der Waals surface area contributed by atoms with Gasteiger partial charge in [0.2, 0.25) is 0 Å². The molecule has 2 aromatic rings. The minimum atomic E-state index is -4.36. The number of alkyl halides is 3. The van der Waals surface area contributed by atoms with Crippen molar-refractivity contribution in [2.45, 2.75) is 12.7 Å². The second-order valence-corrected chi connectivity index (χ2v) is 6.01. The molecular formula is C15H11Cl2F3N2OS. The van der Waals surface area contributed by atoms with Gasteiger partial charge in [-0.2, -0.15) is 13.2 Å². The quantitative estimate of drug-likeness (QED) is 0.494. The number of rotatable bonds is 3. The summed E-state index contributed by atoms with van der Waals surface area (Å²) in [5, 5.41) is 15.5. The Hall–Kier alpha value is -1.70. The van der Waals surface area contributed by atoms with Crippen molar-refractivity contribution in [3.8, 4) is 5.75 Å². The zero-order valence-corrected chi connectivity index (χ0v) is 14.2. The van der Waals surface area contributed by atoms with Crippen LogP contribution in [0.3, 0.4) is 0 Å². The molecule has 128 valence electrons. The summed E-state index contributed by atoms with van der Waals surface area (Å²) in [6, 6.07) is 7.63. The number of hydrogen-bond donors (Lipinski definition) is 3. The molecule has 0 aromatic heterocycles. The van der Waals surface area contributed by atoms with Crippen LogP contribution in [-0.2, 0) is 12.7 Å². The van der Waals surface area contributed by atoms with Crippen LogP contribution in [-0.4, -0.2) is 10.2 Å². The fourth-order valence-electron chi connectivity index (χ4n) is 1.81. The molecule has 0 aliphatic carbocycles. The van der Waals surface area contributed by atoms with Crippen LogP contribution in [0.2, 0.25) is 10.0 Å². The highest BCUT2D eigenvalue weighted by Gasteiger charge is 2.29. The van der Waals surface area contributed by atoms with E-state index >= 15 is 0 Å². The minimum Gasteiger partial charge on any atom is -0.505 e. The molecule has 9 heteroatoms. The summed E-state index contributed by atoms with van der Waals surface area (Å²) < 4.78 is 37.5. The molecule has 0 amide bonds. The molecule has 0 fully saturated rings. The van der Waals surface area contributed by atoms with Gasteiger partial charge in [0.1, 0.15) is 0 Å². The number of anilines is 1. The summed E-state index contributed by atoms with van der Waals surface area (Å²) in [7, 11) is 0. The third-order valence-electron chi connectivity index (χ3n) is 3.01. The maximum absolute atomic E-state index is 12.5. The third-order valence-corrected chi connectivity index (χ3v) is 3.83. The number of benzene rings is 2. The van der Waals surface area contributed by atoms with Gasteiger partial charge in [0, 0.05) is 12.2 Å². The summed E-state index contributed by atoms with van der Waals surface area (Å²) >= 11 is 16.7. The van der Waals surface area contributed by atoms with Crippen LogP contribution in [0.4, 0.5) is 18.9 Å². The van der Waals surface area contributed by atoms with Crippen molar-refractivity contribution < 1.29 is 18.3 Å². The van der Waals surface area contributed by atoms with Crippen LogP contribution in [0.1, 0.15) is 11.1 Å². The first kappa shape index (κ1) is 18.6. The molecule has 0 unspecified atom stereocenters. The molecule has 3 nitrogen and oxygen atoms in total. The summed E-state index contributed by atoms with van der Waals surface area (Å²) in [4.78, 5) is 0. The fraction of sp³-hybridized carbons (Fsp3) is 0.133. The van der Waals surface area contributed by atoms with E-state index in [-0.39, 0.29) is 27.5 Å². The van der Waals surface area contributed by atoms with Gasteiger partial charge in [-0.1, -0.05) is 35.3 Å². The molecule has 0 bridgehead atoms. The average molecular weight is 395 g/mol. The van der Waals surface area contributed by atoms with E-state index in [1.54, 1.807) is 0 Å². The van der Waals surface area contributed by atoms with Gasteiger partial charge in [-0.25, -0.2) is 0 Å². The van der Waals surface area contributed by atoms with Crippen molar-refractivity contribution in [3.05, 3.63) is 57.6 Å². The second-order valence-electron chi connectivity index (χ2n) is 4.79. The largest absolute Gasteiger partial charge is 0.505 e. The molecule has 0 heterocycles. The molecule has 0 aliphatic heterocycles. The Morgan fingerprint density at radius 2 is 1.62 bits per heavy atom. The van der Waals surface area contributed by atoms with Gasteiger partial charge in [-0.05, 0) is 42.0 Å². The zero-order chi connectivity index (χ0) is 17.9. The Labute approximate surface area is 151 Å². The van der Waals surface area contributed by atoms with E-state index in [9.17, 15) is 18.3 Å². The lowest BCUT2D eigenvalue weighted by molar-refractivity contribution is -0.137. The van der Waals surface area contributed by atoms with Crippen molar-refractivity contribution in [1.82, 2.24) is 5.32 Å². The van der Waals surface area contributed by atoms with Crippen LogP contribution in [0.15, 0.2) is 36.4 Å². The smallest absolute Gasteiger partial charge is 0.416 e. The van der Waals surface area contributed by atoms with Gasteiger partial charge in [-0.3, -0.25) is 0 Å². The van der Waals surface area contributed by atoms with E-state index in [2.05, 4.69) is 10.6 Å². The Bertz CT molecular complexity index is 728. The molecule has 0 atom stereocenters. The predicted octanol–water partition coefficient (Wildman–Crippen LogP) is 5.20. The number of halogens is 5. The van der Waals surface area contributed by atoms with Crippen molar-refractivity contribution in [3.63, 3.8) is 0 Å². The van der Waals surface area contributed by atoms with Gasteiger partial charge in [0.15, 0.2) is 10.9 Å². The first-order valence-electron chi connectivity index (χ1n) is 6.56. The molecule has 2 aromatic carbocycles. The number of hydrogen-bond acceptors (Lipinski definition) is 2. The Morgan fingerprint density at radius 1 is 1.08 bits per heavy atom. The molecule has 0 radical (unpaired) electrons. The van der Waals surface area contributed by atoms with Crippen molar-refractivity contribution in [2.24, 2.45) is 0 Å². The number of nitrogens with one attached hydrogen (secondary N) is 2. The second kappa shape index (κ2) is 7.46. The Morgan fingerprint density at radius 3 is 2.12 bits per heavy atom. The van der Waals surface area contributed by atoms with Crippen LogP contribution in [0.25, 0.3) is 0 Å². The van der Waals surface area contributed by atoms with Gasteiger partial charge < -0.3 is 15.7 Å². The van der Waals surface area contributed by atoms with Gasteiger partial charge in [0.25, 0.3) is 0 Å². The summed E-state index contributed by atoms with van der Waals surface area (Å²) in [6.45, 7) is 0.240. The molecule has 0 aliphatic rings. The SMILES string of the molecule is Oc1c(Cl)cc(NC(=S)NCc2ccc(C(F)(F)F)cc2)cc1Cl. The lowest BCUT2D eigenvalue weighted by Crippen LogP contribution is -2.27. The molecule has 2 rings (SSSR count). The molecular weight excluding hydrogens is 384 g/mol. The van der Waals surface area contributed by atoms with Crippen LogP contribution in [0, 0.1) is 0 Å². The molecule has 24 heavy (non-hydrogen) atoms. The maximum Gasteiger partial charge on any atom is 0.416 e. The van der Waals surface area contributed by atoms with Crippen molar-refractivity contribution in [2.75, 3.05) is 5.32 Å². The van der Waals surface area contributed by atoms with Crippen molar-refractivity contribution >= 4 is 46.2 Å². The zero-order valence-electron chi connectivity index (χ0n) is 11.9. The van der Waals surface area contributed by atoms with Crippen LogP contribution < -0.4 is 10.6 Å². The topological polar surface area (TPSA) is 44.3 Å². The normalized spacial score (nSPS) is 11.2. The average Bonchev–Trinajstić information content (AvgIpc) is 2.50. The highest BCUT2D eigenvalue weighted by atomic mass is 35.5. The minimum absolute atomic E-state index is 0.0653. The molecule has 3 N–H and O–H groups in total. The Balaban J connectivity index is 1.94. The number of aromatic hydroxyl groups is 1. The standard InChI is InChI=1S/C15H11Cl2F3N2OS/c16-11-5-10(6-12(17)13(11)23)22-14(24)21-7-8-1-3-9(4-2-8)15(18,19)20/h1-6,23H,7H2,(H2,21,22,24). The van der Waals surface area contributed by atoms with E-state index < -0.39 is 11.7 Å². The van der Waals surface area contributed by atoms with Gasteiger partial charge in [-0.15, -0.1) is 0 Å². The lowest BCUT2D eigenvalue weighted by atomic mass is 10.1. The van der Waals surface area contributed by atoms with E-state index in [1.165, 1.54) is 24.3 Å². The first-order valence-corrected chi connectivity index (χ1v) is 7.72. The highest BCUT2D eigenvalue weighted by molar-refractivity contribution is 7.80. The van der Waals surface area contributed by atoms with E-state index in [1.807, 2.05) is 0 Å². The summed E-state index contributed by atoms with van der Waals surface area (Å²) in [6.07, 6.45) is -4.36. The van der Waals surface area contributed by atoms with Gasteiger partial charge in [0.05, 0.1) is 15.6 Å². The molecule has 0 spiro atoms. The summed E-state index contributed by atoms with van der Waals surface area (Å²) in [5.41, 5.74) is 0.391. The number of thiocarbonyl (C=S) groups is 1. The number of phenols is 1. The maximum atomic E-state index is 12.5. The Kier molecular flexibility index (Phi) is 5.79. The molecule has 0 saturated heterocycles.